The van der Waals surface area contributed by atoms with E-state index in [0.29, 0.717) is 44.6 Å². The molecule has 1 N–H and O–H groups in total. The molecule has 11 heteroatoms. The number of halogens is 2. The summed E-state index contributed by atoms with van der Waals surface area (Å²) in [6.45, 7) is 0.519. The largest absolute Gasteiger partial charge is 0.465 e. The van der Waals surface area contributed by atoms with Crippen molar-refractivity contribution < 1.29 is 45.6 Å². The topological polar surface area (TPSA) is 116 Å². The predicted molar refractivity (Wildman–Crippen MR) is 120 cm³/mol. The zero-order valence-electron chi connectivity index (χ0n) is 20.2. The molecule has 0 amide bonds. The molecule has 0 spiro atoms. The molecule has 0 heterocycles. The molecular formula is C25H34F2O8S. The van der Waals surface area contributed by atoms with Gasteiger partial charge >= 0.3 is 27.3 Å². The Morgan fingerprint density at radius 2 is 1.42 bits per heavy atom. The second-order valence-electron chi connectivity index (χ2n) is 12.6. The van der Waals surface area contributed by atoms with E-state index in [1.807, 2.05) is 0 Å². The molecule has 0 aromatic carbocycles. The fourth-order valence-corrected chi connectivity index (χ4v) is 9.72. The molecule has 2 unspecified atom stereocenters. The average molecular weight is 533 g/mol. The smallest absolute Gasteiger partial charge is 0.456 e. The fourth-order valence-electron chi connectivity index (χ4n) is 9.46. The molecule has 0 radical (unpaired) electrons. The Morgan fingerprint density at radius 3 is 1.97 bits per heavy atom. The highest BCUT2D eigenvalue weighted by atomic mass is 32.2. The molecule has 202 valence electrons. The van der Waals surface area contributed by atoms with Gasteiger partial charge in [-0.25, -0.2) is 4.79 Å². The molecule has 8 rings (SSSR count). The molecule has 8 saturated carbocycles. The number of alkyl halides is 2. The van der Waals surface area contributed by atoms with Crippen LogP contribution in [0.5, 0.6) is 0 Å². The summed E-state index contributed by atoms with van der Waals surface area (Å²) in [6.07, 6.45) is 8.25. The molecule has 2 atom stereocenters. The summed E-state index contributed by atoms with van der Waals surface area (Å²) in [6, 6.07) is 0. The van der Waals surface area contributed by atoms with Crippen molar-refractivity contribution >= 4 is 22.1 Å². The SMILES string of the molecule is O=C(OCOCC1C2CC3CC(C2)CC1C3)C12CC3CC(C1)C(OC(=O)C(F)(F)S(=O)(=O)O)C(C3)C2. The van der Waals surface area contributed by atoms with Crippen LogP contribution in [0.2, 0.25) is 0 Å². The lowest BCUT2D eigenvalue weighted by molar-refractivity contribution is -0.208. The van der Waals surface area contributed by atoms with Crippen LogP contribution in [0.4, 0.5) is 8.78 Å². The molecule has 8 nitrogen and oxygen atoms in total. The first kappa shape index (κ1) is 25.0. The van der Waals surface area contributed by atoms with Crippen molar-refractivity contribution in [2.24, 2.45) is 52.8 Å². The van der Waals surface area contributed by atoms with Crippen LogP contribution in [-0.4, -0.2) is 49.7 Å². The normalized spacial score (nSPS) is 44.6. The number of esters is 2. The van der Waals surface area contributed by atoms with Crippen molar-refractivity contribution in [3.63, 3.8) is 0 Å². The highest BCUT2D eigenvalue weighted by molar-refractivity contribution is 7.87. The van der Waals surface area contributed by atoms with E-state index in [2.05, 4.69) is 0 Å². The van der Waals surface area contributed by atoms with Crippen molar-refractivity contribution in [3.8, 4) is 0 Å². The van der Waals surface area contributed by atoms with Crippen LogP contribution in [0.3, 0.4) is 0 Å². The lowest BCUT2D eigenvalue weighted by Crippen LogP contribution is -2.58. The van der Waals surface area contributed by atoms with Gasteiger partial charge in [0.15, 0.2) is 6.79 Å². The van der Waals surface area contributed by atoms with Gasteiger partial charge in [-0.15, -0.1) is 0 Å². The maximum Gasteiger partial charge on any atom is 0.465 e. The number of carbonyl (C=O) groups is 2. The van der Waals surface area contributed by atoms with E-state index in [1.54, 1.807) is 0 Å². The molecule has 0 aromatic heterocycles. The Balaban J connectivity index is 1.03. The maximum atomic E-state index is 13.7. The second kappa shape index (κ2) is 8.59. The average Bonchev–Trinajstić information content (AvgIpc) is 2.78. The summed E-state index contributed by atoms with van der Waals surface area (Å²) in [5.74, 6) is 0.699. The van der Waals surface area contributed by atoms with E-state index >= 15 is 0 Å². The molecule has 0 aromatic rings. The number of rotatable bonds is 8. The molecule has 8 aliphatic rings. The summed E-state index contributed by atoms with van der Waals surface area (Å²) in [5.41, 5.74) is -0.753. The van der Waals surface area contributed by atoms with Gasteiger partial charge in [0.05, 0.1) is 12.0 Å². The standard InChI is InChI=1S/C25H34F2O8S/c26-25(27,36(30,31)32)23(29)35-21-18-6-15-7-19(21)10-24(8-15,9-18)22(28)34-12-33-11-20-16-2-13-1-14(4-16)5-17(20)3-13/h13-21H,1-12H2,(H,30,31,32). The van der Waals surface area contributed by atoms with E-state index in [9.17, 15) is 26.8 Å². The highest BCUT2D eigenvalue weighted by Gasteiger charge is 2.62. The molecule has 8 bridgehead atoms. The molecule has 0 aliphatic heterocycles. The van der Waals surface area contributed by atoms with Gasteiger partial charge < -0.3 is 14.2 Å². The zero-order valence-corrected chi connectivity index (χ0v) is 21.0. The van der Waals surface area contributed by atoms with Gasteiger partial charge in [-0.05, 0) is 112 Å². The molecule has 0 saturated heterocycles. The molecule has 36 heavy (non-hydrogen) atoms. The van der Waals surface area contributed by atoms with E-state index in [0.717, 1.165) is 23.7 Å². The summed E-state index contributed by atoms with van der Waals surface area (Å²) in [5, 5.41) is -5.02. The van der Waals surface area contributed by atoms with Crippen molar-refractivity contribution in [3.05, 3.63) is 0 Å². The van der Waals surface area contributed by atoms with Gasteiger partial charge in [0.25, 0.3) is 0 Å². The van der Waals surface area contributed by atoms with Crippen LogP contribution in [0, 0.1) is 52.8 Å². The second-order valence-corrected chi connectivity index (χ2v) is 14.1. The summed E-state index contributed by atoms with van der Waals surface area (Å²) >= 11 is 0. The Labute approximate surface area is 209 Å². The van der Waals surface area contributed by atoms with E-state index in [1.165, 1.54) is 32.1 Å². The van der Waals surface area contributed by atoms with Crippen LogP contribution in [-0.2, 0) is 33.9 Å². The first-order chi connectivity index (χ1) is 16.9. The lowest BCUT2D eigenvalue weighted by Gasteiger charge is -2.57. The highest BCUT2D eigenvalue weighted by Crippen LogP contribution is 2.61. The third kappa shape index (κ3) is 4.08. The Kier molecular flexibility index (Phi) is 5.96. The third-order valence-corrected chi connectivity index (χ3v) is 11.2. The number of hydrogen-bond donors (Lipinski definition) is 1. The molecule has 8 fully saturated rings. The minimum atomic E-state index is -5.93. The molecular weight excluding hydrogens is 498 g/mol. The predicted octanol–water partition coefficient (Wildman–Crippen LogP) is 3.79. The monoisotopic (exact) mass is 532 g/mol. The van der Waals surface area contributed by atoms with Crippen LogP contribution in [0.25, 0.3) is 0 Å². The van der Waals surface area contributed by atoms with Gasteiger partial charge in [-0.2, -0.15) is 17.2 Å². The van der Waals surface area contributed by atoms with E-state index in [4.69, 9.17) is 18.8 Å². The first-order valence-electron chi connectivity index (χ1n) is 13.3. The van der Waals surface area contributed by atoms with Crippen LogP contribution in [0.15, 0.2) is 0 Å². The summed E-state index contributed by atoms with van der Waals surface area (Å²) in [7, 11) is -5.93. The molecule has 8 aliphatic carbocycles. The maximum absolute atomic E-state index is 13.7. The Hall–Kier alpha value is -1.33. The van der Waals surface area contributed by atoms with Gasteiger partial charge in [0, 0.05) is 0 Å². The fraction of sp³-hybridized carbons (Fsp3) is 0.920. The number of carbonyl (C=O) groups excluding carboxylic acids is 2. The van der Waals surface area contributed by atoms with E-state index < -0.39 is 32.9 Å². The third-order valence-electron chi connectivity index (χ3n) is 10.4. The minimum absolute atomic E-state index is 0.0949. The van der Waals surface area contributed by atoms with Crippen molar-refractivity contribution in [2.45, 2.75) is 75.6 Å². The zero-order chi connectivity index (χ0) is 25.5. The van der Waals surface area contributed by atoms with Gasteiger partial charge in [0.2, 0.25) is 0 Å². The summed E-state index contributed by atoms with van der Waals surface area (Å²) in [4.78, 5) is 25.1. The van der Waals surface area contributed by atoms with Gasteiger partial charge in [-0.3, -0.25) is 9.35 Å². The van der Waals surface area contributed by atoms with Gasteiger partial charge in [0.1, 0.15) is 6.10 Å². The van der Waals surface area contributed by atoms with Crippen molar-refractivity contribution in [2.75, 3.05) is 13.4 Å². The van der Waals surface area contributed by atoms with E-state index in [-0.39, 0.29) is 30.5 Å². The van der Waals surface area contributed by atoms with Crippen molar-refractivity contribution in [1.82, 2.24) is 0 Å². The Morgan fingerprint density at radius 1 is 0.861 bits per heavy atom. The number of ether oxygens (including phenoxy) is 3. The lowest BCUT2D eigenvalue weighted by atomic mass is 9.48. The minimum Gasteiger partial charge on any atom is -0.456 e. The van der Waals surface area contributed by atoms with Crippen molar-refractivity contribution in [1.29, 1.82) is 0 Å². The Bertz CT molecular complexity index is 985. The van der Waals surface area contributed by atoms with Crippen LogP contribution < -0.4 is 0 Å². The first-order valence-corrected chi connectivity index (χ1v) is 14.7. The van der Waals surface area contributed by atoms with Gasteiger partial charge in [-0.1, -0.05) is 0 Å². The quantitative estimate of drug-likeness (QED) is 0.217. The number of hydrogen-bond acceptors (Lipinski definition) is 7. The van der Waals surface area contributed by atoms with Crippen LogP contribution in [0.1, 0.15) is 64.2 Å². The summed E-state index contributed by atoms with van der Waals surface area (Å²) < 4.78 is 74.4. The van der Waals surface area contributed by atoms with Crippen LogP contribution >= 0.6 is 0 Å².